The van der Waals surface area contributed by atoms with E-state index in [9.17, 15) is 14.4 Å². The highest BCUT2D eigenvalue weighted by molar-refractivity contribution is 5.94. The van der Waals surface area contributed by atoms with E-state index in [1.54, 1.807) is 32.9 Å². The number of ketones is 1. The lowest BCUT2D eigenvalue weighted by atomic mass is 9.99. The first-order chi connectivity index (χ1) is 15.1. The van der Waals surface area contributed by atoms with Crippen molar-refractivity contribution in [1.29, 1.82) is 0 Å². The van der Waals surface area contributed by atoms with Gasteiger partial charge in [-0.2, -0.15) is 0 Å². The van der Waals surface area contributed by atoms with Crippen LogP contribution in [0.15, 0.2) is 42.5 Å². The van der Waals surface area contributed by atoms with Crippen molar-refractivity contribution in [2.45, 2.75) is 52.2 Å². The van der Waals surface area contributed by atoms with E-state index in [0.29, 0.717) is 17.9 Å². The second-order valence-corrected chi connectivity index (χ2v) is 8.90. The number of fused-ring (bicyclic) bond motifs is 2. The van der Waals surface area contributed by atoms with Crippen molar-refractivity contribution < 1.29 is 28.6 Å². The summed E-state index contributed by atoms with van der Waals surface area (Å²) in [7, 11) is 0. The van der Waals surface area contributed by atoms with Gasteiger partial charge in [0.05, 0.1) is 13.1 Å². The highest BCUT2D eigenvalue weighted by Gasteiger charge is 2.46. The minimum atomic E-state index is -0.651. The second-order valence-electron chi connectivity index (χ2n) is 8.90. The zero-order valence-corrected chi connectivity index (χ0v) is 18.5. The van der Waals surface area contributed by atoms with Crippen molar-refractivity contribution >= 4 is 18.0 Å². The standard InChI is InChI=1S/C24H26N2O6/c1-14(27)15-5-7-16(8-6-15)17-9-10-19-18(11-17)13-26-21(30-19)20(31-23(26)29)12-25-22(28)32-24(2,3)4/h5-11,20-21H,12-13H2,1-4H3,(H,25,28)/t20-,21-/m0/s1. The Labute approximate surface area is 186 Å². The average molecular weight is 438 g/mol. The molecule has 0 aromatic heterocycles. The van der Waals surface area contributed by atoms with Gasteiger partial charge in [0.1, 0.15) is 11.4 Å². The molecule has 2 aromatic carbocycles. The largest absolute Gasteiger partial charge is 0.466 e. The van der Waals surface area contributed by atoms with Crippen LogP contribution in [0.5, 0.6) is 5.75 Å². The van der Waals surface area contributed by atoms with Gasteiger partial charge in [-0.1, -0.05) is 30.3 Å². The topological polar surface area (TPSA) is 94.2 Å². The van der Waals surface area contributed by atoms with Gasteiger partial charge in [-0.25, -0.2) is 9.59 Å². The van der Waals surface area contributed by atoms with Crippen molar-refractivity contribution in [2.75, 3.05) is 6.54 Å². The Morgan fingerprint density at radius 3 is 2.44 bits per heavy atom. The molecule has 0 aliphatic carbocycles. The molecule has 8 heteroatoms. The first-order valence-electron chi connectivity index (χ1n) is 10.5. The molecule has 1 saturated heterocycles. The minimum Gasteiger partial charge on any atom is -0.466 e. The SMILES string of the molecule is CC(=O)c1ccc(-c2ccc3c(c2)CN2C(=O)O[C@@H](CNC(=O)OC(C)(C)C)[C@@H]2O3)cc1. The first-order valence-corrected chi connectivity index (χ1v) is 10.5. The number of Topliss-reactive ketones (excluding diaryl/α,β-unsaturated/α-hetero) is 1. The van der Waals surface area contributed by atoms with Crippen LogP contribution in [0.4, 0.5) is 9.59 Å². The summed E-state index contributed by atoms with van der Waals surface area (Å²) in [4.78, 5) is 37.3. The smallest absolute Gasteiger partial charge is 0.413 e. The molecule has 4 rings (SSSR count). The van der Waals surface area contributed by atoms with E-state index in [1.807, 2.05) is 30.3 Å². The fraction of sp³-hybridized carbons (Fsp3) is 0.375. The van der Waals surface area contributed by atoms with Crippen LogP contribution in [0.1, 0.15) is 43.6 Å². The van der Waals surface area contributed by atoms with Crippen molar-refractivity contribution in [3.8, 4) is 16.9 Å². The van der Waals surface area contributed by atoms with Crippen LogP contribution in [0.25, 0.3) is 11.1 Å². The predicted octanol–water partition coefficient (Wildman–Crippen LogP) is 4.12. The summed E-state index contributed by atoms with van der Waals surface area (Å²) in [6, 6.07) is 13.1. The van der Waals surface area contributed by atoms with E-state index in [-0.39, 0.29) is 12.3 Å². The molecule has 0 bridgehead atoms. The number of carbonyl (C=O) groups is 3. The number of amides is 2. The molecule has 2 atom stereocenters. The fourth-order valence-electron chi connectivity index (χ4n) is 3.70. The second kappa shape index (κ2) is 8.18. The Morgan fingerprint density at radius 1 is 1.09 bits per heavy atom. The van der Waals surface area contributed by atoms with Gasteiger partial charge in [-0.05, 0) is 51.0 Å². The third-order valence-electron chi connectivity index (χ3n) is 5.23. The van der Waals surface area contributed by atoms with Gasteiger partial charge in [0.25, 0.3) is 0 Å². The lowest BCUT2D eigenvalue weighted by molar-refractivity contribution is 0.0145. The number of nitrogens with one attached hydrogen (secondary N) is 1. The van der Waals surface area contributed by atoms with Gasteiger partial charge in [0.2, 0.25) is 6.23 Å². The van der Waals surface area contributed by atoms with Crippen LogP contribution >= 0.6 is 0 Å². The van der Waals surface area contributed by atoms with Gasteiger partial charge in [0, 0.05) is 11.1 Å². The fourth-order valence-corrected chi connectivity index (χ4v) is 3.70. The zero-order chi connectivity index (χ0) is 23.0. The van der Waals surface area contributed by atoms with Gasteiger partial charge in [0.15, 0.2) is 11.9 Å². The van der Waals surface area contributed by atoms with Crippen LogP contribution < -0.4 is 10.1 Å². The maximum Gasteiger partial charge on any atom is 0.413 e. The van der Waals surface area contributed by atoms with Crippen LogP contribution in [0.3, 0.4) is 0 Å². The molecule has 1 fully saturated rings. The van der Waals surface area contributed by atoms with Gasteiger partial charge in [-0.15, -0.1) is 0 Å². The minimum absolute atomic E-state index is 0.0182. The van der Waals surface area contributed by atoms with Crippen LogP contribution in [-0.4, -0.2) is 47.3 Å². The van der Waals surface area contributed by atoms with Gasteiger partial charge in [-0.3, -0.25) is 9.69 Å². The van der Waals surface area contributed by atoms with Crippen molar-refractivity contribution in [2.24, 2.45) is 0 Å². The quantitative estimate of drug-likeness (QED) is 0.722. The van der Waals surface area contributed by atoms with E-state index in [4.69, 9.17) is 14.2 Å². The molecule has 2 aliphatic heterocycles. The molecule has 8 nitrogen and oxygen atoms in total. The summed E-state index contributed by atoms with van der Waals surface area (Å²) in [5, 5.41) is 2.63. The summed E-state index contributed by atoms with van der Waals surface area (Å²) in [5.74, 6) is 0.681. The molecule has 0 saturated carbocycles. The lowest BCUT2D eigenvalue weighted by Crippen LogP contribution is -2.48. The van der Waals surface area contributed by atoms with Crippen LogP contribution in [0, 0.1) is 0 Å². The first kappa shape index (κ1) is 21.7. The number of hydrogen-bond donors (Lipinski definition) is 1. The lowest BCUT2D eigenvalue weighted by Gasteiger charge is -2.31. The normalized spacial score (nSPS) is 19.4. The van der Waals surface area contributed by atoms with E-state index in [0.717, 1.165) is 16.7 Å². The molecular formula is C24H26N2O6. The van der Waals surface area contributed by atoms with E-state index in [2.05, 4.69) is 5.32 Å². The Hall–Kier alpha value is -3.55. The number of nitrogens with zero attached hydrogens (tertiary/aromatic N) is 1. The van der Waals surface area contributed by atoms with Crippen molar-refractivity contribution in [3.63, 3.8) is 0 Å². The van der Waals surface area contributed by atoms with Crippen molar-refractivity contribution in [3.05, 3.63) is 53.6 Å². The average Bonchev–Trinajstić information content (AvgIpc) is 3.04. The Balaban J connectivity index is 1.47. The molecule has 2 aromatic rings. The number of carbonyl (C=O) groups excluding carboxylic acids is 3. The van der Waals surface area contributed by atoms with Crippen molar-refractivity contribution in [1.82, 2.24) is 10.2 Å². The number of rotatable bonds is 4. The van der Waals surface area contributed by atoms with Crippen LogP contribution in [0.2, 0.25) is 0 Å². The summed E-state index contributed by atoms with van der Waals surface area (Å²) in [6.45, 7) is 7.27. The van der Waals surface area contributed by atoms with Crippen LogP contribution in [-0.2, 0) is 16.0 Å². The van der Waals surface area contributed by atoms with E-state index >= 15 is 0 Å². The highest BCUT2D eigenvalue weighted by Crippen LogP contribution is 2.36. The van der Waals surface area contributed by atoms with Gasteiger partial charge < -0.3 is 19.5 Å². The third kappa shape index (κ3) is 4.54. The number of cyclic esters (lactones) is 1. The molecule has 32 heavy (non-hydrogen) atoms. The third-order valence-corrected chi connectivity index (χ3v) is 5.23. The molecular weight excluding hydrogens is 412 g/mol. The number of benzene rings is 2. The summed E-state index contributed by atoms with van der Waals surface area (Å²) < 4.78 is 16.7. The highest BCUT2D eigenvalue weighted by atomic mass is 16.6. The maximum atomic E-state index is 12.4. The Bertz CT molecular complexity index is 1060. The number of alkyl carbamates (subject to hydrolysis) is 1. The molecule has 0 spiro atoms. The van der Waals surface area contributed by atoms with Gasteiger partial charge >= 0.3 is 12.2 Å². The maximum absolute atomic E-state index is 12.4. The Kier molecular flexibility index (Phi) is 5.54. The number of ether oxygens (including phenoxy) is 3. The molecule has 2 amide bonds. The zero-order valence-electron chi connectivity index (χ0n) is 18.5. The summed E-state index contributed by atoms with van der Waals surface area (Å²) in [5.41, 5.74) is 2.81. The molecule has 168 valence electrons. The molecule has 2 aliphatic rings. The Morgan fingerprint density at radius 2 is 1.78 bits per heavy atom. The molecule has 0 unspecified atom stereocenters. The monoisotopic (exact) mass is 438 g/mol. The molecule has 1 N–H and O–H groups in total. The van der Waals surface area contributed by atoms with E-state index in [1.165, 1.54) is 11.8 Å². The summed E-state index contributed by atoms with van der Waals surface area (Å²) >= 11 is 0. The summed E-state index contributed by atoms with van der Waals surface area (Å²) in [6.07, 6.45) is -2.36. The number of hydrogen-bond acceptors (Lipinski definition) is 6. The molecule has 0 radical (unpaired) electrons. The predicted molar refractivity (Wildman–Crippen MR) is 116 cm³/mol. The molecule has 2 heterocycles. The van der Waals surface area contributed by atoms with E-state index < -0.39 is 30.1 Å².